The smallest absolute Gasteiger partial charge is 0.306 e. The van der Waals surface area contributed by atoms with Gasteiger partial charge in [-0.1, -0.05) is 20.3 Å². The van der Waals surface area contributed by atoms with Gasteiger partial charge in [0.15, 0.2) is 0 Å². The molecule has 0 saturated carbocycles. The first-order valence-corrected chi connectivity index (χ1v) is 6.38. The summed E-state index contributed by atoms with van der Waals surface area (Å²) in [6.07, 6.45) is 2.05. The molecule has 0 spiro atoms. The van der Waals surface area contributed by atoms with Crippen molar-refractivity contribution in [2.45, 2.75) is 39.2 Å². The lowest BCUT2D eigenvalue weighted by Crippen LogP contribution is -2.43. The molecule has 102 valence electrons. The van der Waals surface area contributed by atoms with Crippen LogP contribution in [0.15, 0.2) is 0 Å². The van der Waals surface area contributed by atoms with Crippen molar-refractivity contribution in [3.05, 3.63) is 0 Å². The third kappa shape index (κ3) is 10.3. The Balaban J connectivity index is 4.06. The second-order valence-corrected chi connectivity index (χ2v) is 5.87. The average molecular weight is 246 g/mol. The van der Waals surface area contributed by atoms with Crippen LogP contribution in [0.5, 0.6) is 0 Å². The van der Waals surface area contributed by atoms with E-state index in [4.69, 9.17) is 9.84 Å². The summed E-state index contributed by atoms with van der Waals surface area (Å²) in [5, 5.41) is 8.85. The van der Waals surface area contributed by atoms with Gasteiger partial charge in [0.1, 0.15) is 12.6 Å². The highest BCUT2D eigenvalue weighted by molar-refractivity contribution is 5.67. The molecular weight excluding hydrogens is 218 g/mol. The van der Waals surface area contributed by atoms with Gasteiger partial charge in [-0.05, 0) is 12.3 Å². The van der Waals surface area contributed by atoms with E-state index < -0.39 is 5.97 Å². The number of nitrogens with zero attached hydrogens (tertiary/aromatic N) is 1. The highest BCUT2D eigenvalue weighted by atomic mass is 16.5. The van der Waals surface area contributed by atoms with Crippen molar-refractivity contribution in [3.8, 4) is 0 Å². The van der Waals surface area contributed by atoms with Crippen molar-refractivity contribution in [2.24, 2.45) is 5.92 Å². The van der Waals surface area contributed by atoms with Crippen LogP contribution in [0.25, 0.3) is 0 Å². The summed E-state index contributed by atoms with van der Waals surface area (Å²) in [5.41, 5.74) is 0. The van der Waals surface area contributed by atoms with Gasteiger partial charge in [-0.3, -0.25) is 4.79 Å². The fraction of sp³-hybridized carbons (Fsp3) is 0.923. The van der Waals surface area contributed by atoms with Gasteiger partial charge in [-0.25, -0.2) is 0 Å². The fourth-order valence-corrected chi connectivity index (χ4v) is 1.62. The van der Waals surface area contributed by atoms with E-state index >= 15 is 0 Å². The van der Waals surface area contributed by atoms with Crippen LogP contribution in [-0.2, 0) is 9.53 Å². The number of rotatable bonds is 9. The fourth-order valence-electron chi connectivity index (χ4n) is 1.62. The molecular formula is C13H28NO3+. The van der Waals surface area contributed by atoms with Gasteiger partial charge in [0.05, 0.1) is 27.6 Å². The van der Waals surface area contributed by atoms with Crippen molar-refractivity contribution in [1.82, 2.24) is 0 Å². The molecule has 4 nitrogen and oxygen atoms in total. The van der Waals surface area contributed by atoms with Crippen molar-refractivity contribution in [2.75, 3.05) is 34.3 Å². The first kappa shape index (κ1) is 16.4. The molecule has 0 fully saturated rings. The van der Waals surface area contributed by atoms with Crippen LogP contribution in [0, 0.1) is 5.92 Å². The highest BCUT2D eigenvalue weighted by Gasteiger charge is 2.21. The molecule has 17 heavy (non-hydrogen) atoms. The molecule has 0 bridgehead atoms. The SMILES string of the molecule is CCC(C)CCOC(CC(=O)O)C[N+](C)(C)C. The molecule has 0 aliphatic heterocycles. The molecule has 2 unspecified atom stereocenters. The minimum Gasteiger partial charge on any atom is -0.481 e. The van der Waals surface area contributed by atoms with Crippen LogP contribution in [0.1, 0.15) is 33.1 Å². The molecule has 1 N–H and O–H groups in total. The predicted molar refractivity (Wildman–Crippen MR) is 69.0 cm³/mol. The molecule has 0 rings (SSSR count). The zero-order valence-electron chi connectivity index (χ0n) is 11.9. The normalized spacial score (nSPS) is 15.6. The van der Waals surface area contributed by atoms with Crippen LogP contribution >= 0.6 is 0 Å². The van der Waals surface area contributed by atoms with Crippen LogP contribution < -0.4 is 0 Å². The molecule has 0 aromatic carbocycles. The second-order valence-electron chi connectivity index (χ2n) is 5.87. The van der Waals surface area contributed by atoms with Gasteiger partial charge < -0.3 is 14.3 Å². The molecule has 0 aliphatic rings. The number of aliphatic carboxylic acids is 1. The predicted octanol–water partition coefficient (Wildman–Crippen LogP) is 1.99. The molecule has 0 aliphatic carbocycles. The number of carbonyl (C=O) groups is 1. The summed E-state index contributed by atoms with van der Waals surface area (Å²) < 4.78 is 6.43. The van der Waals surface area contributed by atoms with Gasteiger partial charge in [0.25, 0.3) is 0 Å². The summed E-state index contributed by atoms with van der Waals surface area (Å²) in [7, 11) is 6.15. The lowest BCUT2D eigenvalue weighted by atomic mass is 10.1. The van der Waals surface area contributed by atoms with Crippen LogP contribution in [0.2, 0.25) is 0 Å². The minimum absolute atomic E-state index is 0.0933. The molecule has 0 aromatic rings. The number of ether oxygens (including phenoxy) is 1. The van der Waals surface area contributed by atoms with Crippen LogP contribution in [-0.4, -0.2) is 56.0 Å². The Labute approximate surface area is 105 Å². The molecule has 4 heteroatoms. The van der Waals surface area contributed by atoms with E-state index in [1.807, 2.05) is 21.1 Å². The number of quaternary nitrogens is 1. The quantitative estimate of drug-likeness (QED) is 0.633. The van der Waals surface area contributed by atoms with E-state index in [0.29, 0.717) is 12.5 Å². The van der Waals surface area contributed by atoms with E-state index in [1.165, 1.54) is 0 Å². The first-order chi connectivity index (χ1) is 7.74. The van der Waals surface area contributed by atoms with E-state index in [9.17, 15) is 4.79 Å². The Hall–Kier alpha value is -0.610. The maximum absolute atomic E-state index is 10.8. The van der Waals surface area contributed by atoms with Gasteiger partial charge in [-0.15, -0.1) is 0 Å². The maximum atomic E-state index is 10.8. The van der Waals surface area contributed by atoms with Crippen molar-refractivity contribution < 1.29 is 19.1 Å². The Morgan fingerprint density at radius 2 is 1.94 bits per heavy atom. The Morgan fingerprint density at radius 1 is 1.35 bits per heavy atom. The van der Waals surface area contributed by atoms with Crippen molar-refractivity contribution >= 4 is 5.97 Å². The third-order valence-corrected chi connectivity index (χ3v) is 2.81. The average Bonchev–Trinajstić information content (AvgIpc) is 2.13. The third-order valence-electron chi connectivity index (χ3n) is 2.81. The molecule has 0 aromatic heterocycles. The maximum Gasteiger partial charge on any atom is 0.306 e. The largest absolute Gasteiger partial charge is 0.481 e. The zero-order chi connectivity index (χ0) is 13.5. The van der Waals surface area contributed by atoms with Gasteiger partial charge >= 0.3 is 5.97 Å². The van der Waals surface area contributed by atoms with Crippen LogP contribution in [0.3, 0.4) is 0 Å². The van der Waals surface area contributed by atoms with Crippen molar-refractivity contribution in [1.29, 1.82) is 0 Å². The molecule has 0 saturated heterocycles. The summed E-state index contributed by atoms with van der Waals surface area (Å²) in [4.78, 5) is 10.8. The van der Waals surface area contributed by atoms with E-state index in [-0.39, 0.29) is 12.5 Å². The lowest BCUT2D eigenvalue weighted by Gasteiger charge is -2.28. The summed E-state index contributed by atoms with van der Waals surface area (Å²) >= 11 is 0. The first-order valence-electron chi connectivity index (χ1n) is 6.38. The van der Waals surface area contributed by atoms with Crippen molar-refractivity contribution in [3.63, 3.8) is 0 Å². The number of hydrogen-bond acceptors (Lipinski definition) is 2. The summed E-state index contributed by atoms with van der Waals surface area (Å²) in [5.74, 6) is -0.142. The van der Waals surface area contributed by atoms with E-state index in [2.05, 4.69) is 13.8 Å². The Morgan fingerprint density at radius 3 is 2.35 bits per heavy atom. The summed E-state index contributed by atoms with van der Waals surface area (Å²) in [6, 6.07) is 0. The number of likely N-dealkylation sites (N-methyl/N-ethyl adjacent to an activating group) is 1. The molecule has 0 radical (unpaired) electrons. The second kappa shape index (κ2) is 7.67. The van der Waals surface area contributed by atoms with Crippen LogP contribution in [0.4, 0.5) is 0 Å². The lowest BCUT2D eigenvalue weighted by molar-refractivity contribution is -0.873. The number of hydrogen-bond donors (Lipinski definition) is 1. The Bertz CT molecular complexity index is 223. The van der Waals surface area contributed by atoms with E-state index in [0.717, 1.165) is 23.9 Å². The summed E-state index contributed by atoms with van der Waals surface area (Å²) in [6.45, 7) is 5.74. The topological polar surface area (TPSA) is 46.5 Å². The Kier molecular flexibility index (Phi) is 7.39. The molecule has 2 atom stereocenters. The minimum atomic E-state index is -0.785. The van der Waals surface area contributed by atoms with Gasteiger partial charge in [0, 0.05) is 6.61 Å². The number of carboxylic acid groups (broad SMARTS) is 1. The van der Waals surface area contributed by atoms with Gasteiger partial charge in [-0.2, -0.15) is 0 Å². The van der Waals surface area contributed by atoms with E-state index in [1.54, 1.807) is 0 Å². The standard InChI is InChI=1S/C13H27NO3/c1-6-11(2)7-8-17-12(9-13(15)16)10-14(3,4)5/h11-12H,6-10H2,1-5H3/p+1. The monoisotopic (exact) mass is 246 g/mol. The number of carboxylic acids is 1. The van der Waals surface area contributed by atoms with Gasteiger partial charge in [0.2, 0.25) is 0 Å². The highest BCUT2D eigenvalue weighted by Crippen LogP contribution is 2.10. The molecule has 0 heterocycles. The molecule has 0 amide bonds. The zero-order valence-corrected chi connectivity index (χ0v) is 11.9.